The van der Waals surface area contributed by atoms with Crippen molar-refractivity contribution in [1.82, 2.24) is 0 Å². The van der Waals surface area contributed by atoms with E-state index in [0.717, 1.165) is 0 Å². The number of rotatable bonds is 0. The van der Waals surface area contributed by atoms with E-state index in [1.165, 1.54) is 0 Å². The van der Waals surface area contributed by atoms with E-state index in [-0.39, 0.29) is 90.0 Å². The van der Waals surface area contributed by atoms with Crippen molar-refractivity contribution in [2.45, 2.75) is 0 Å². The number of hydrogen-bond acceptors (Lipinski definition) is 0. The zero-order chi connectivity index (χ0) is 4.50. The summed E-state index contributed by atoms with van der Waals surface area (Å²) in [5.74, 6) is 0. The van der Waals surface area contributed by atoms with Gasteiger partial charge in [-0.25, -0.2) is 0 Å². The van der Waals surface area contributed by atoms with Gasteiger partial charge in [-0.2, -0.15) is 0 Å². The zero-order valence-corrected chi connectivity index (χ0v) is 21.1. The molecule has 0 N–H and O–H groups in total. The first kappa shape index (κ1) is 18.3. The Bertz CT molecular complexity index is 27.2. The summed E-state index contributed by atoms with van der Waals surface area (Å²) in [6, 6.07) is 0. The molecular formula is Br4CsPtSn. The summed E-state index contributed by atoms with van der Waals surface area (Å²) in [5, 5.41) is 0. The largest absolute Gasteiger partial charge is 0 e. The third kappa shape index (κ3) is 34.4. The van der Waals surface area contributed by atoms with Crippen molar-refractivity contribution in [2.75, 3.05) is 0 Å². The standard InChI is InChI=1S/4BrH.Cs.Pt.Sn/h4*1H;;;/q;;;;;;+4/p-4. The number of hydrogen-bond donors (Lipinski definition) is 0. The van der Waals surface area contributed by atoms with Crippen LogP contribution >= 0.6 is 50.8 Å². The van der Waals surface area contributed by atoms with Crippen LogP contribution in [0.25, 0.3) is 0 Å². The predicted octanol–water partition coefficient (Wildman–Crippen LogP) is 2.62. The minimum atomic E-state index is -1.93. The third-order valence-electron chi connectivity index (χ3n) is 0. The summed E-state index contributed by atoms with van der Waals surface area (Å²) >= 11 is 13.3. The molecule has 0 nitrogen and oxygen atoms in total. The maximum absolute atomic E-state index is 3.34. The smallest absolute Gasteiger partial charge is 0 e. The van der Waals surface area contributed by atoms with E-state index in [0.29, 0.717) is 0 Å². The SMILES string of the molecule is [Br][Sn]([Br])([Br])[Br].[Cs].[Pt]. The molecule has 7 heavy (non-hydrogen) atoms. The molecule has 0 saturated carbocycles. The van der Waals surface area contributed by atoms with E-state index in [4.69, 9.17) is 0 Å². The van der Waals surface area contributed by atoms with Crippen molar-refractivity contribution < 1.29 is 21.1 Å². The van der Waals surface area contributed by atoms with Crippen LogP contribution in [0.2, 0.25) is 0 Å². The zero-order valence-electron chi connectivity index (χ0n) is 3.33. The molecule has 0 heterocycles. The molecule has 0 amide bonds. The Hall–Kier alpha value is 5.46. The third-order valence-corrected chi connectivity index (χ3v) is 0. The van der Waals surface area contributed by atoms with Gasteiger partial charge in [-0.3, -0.25) is 0 Å². The second kappa shape index (κ2) is 9.55. The van der Waals surface area contributed by atoms with Gasteiger partial charge in [0.25, 0.3) is 0 Å². The predicted molar refractivity (Wildman–Crippen MR) is 47.2 cm³/mol. The molecule has 1 radical (unpaired) electrons. The first-order chi connectivity index (χ1) is 2.00. The van der Waals surface area contributed by atoms with Gasteiger partial charge in [-0.05, 0) is 0 Å². The van der Waals surface area contributed by atoms with Gasteiger partial charge in [0.2, 0.25) is 0 Å². The van der Waals surface area contributed by atoms with Gasteiger partial charge >= 0.3 is 60.3 Å². The van der Waals surface area contributed by atoms with Crippen LogP contribution in [0.1, 0.15) is 0 Å². The van der Waals surface area contributed by atoms with Crippen molar-refractivity contribution >= 4 is 129 Å². The molecule has 0 aliphatic heterocycles. The van der Waals surface area contributed by atoms with Crippen LogP contribution in [0.3, 0.4) is 0 Å². The molecule has 7 heteroatoms. The molecule has 0 aromatic heterocycles. The minimum Gasteiger partial charge on any atom is 0 e. The average molecular weight is 766 g/mol. The fourth-order valence-corrected chi connectivity index (χ4v) is 0. The fourth-order valence-electron chi connectivity index (χ4n) is 0. The summed E-state index contributed by atoms with van der Waals surface area (Å²) < 4.78 is 0. The molecule has 0 bridgehead atoms. The molecule has 0 unspecified atom stereocenters. The van der Waals surface area contributed by atoms with Crippen molar-refractivity contribution in [1.29, 1.82) is 0 Å². The van der Waals surface area contributed by atoms with E-state index >= 15 is 0 Å². The molecule has 0 aliphatic rings. The summed E-state index contributed by atoms with van der Waals surface area (Å²) in [7, 11) is -1.93. The van der Waals surface area contributed by atoms with E-state index in [2.05, 4.69) is 50.8 Å². The molecule has 0 saturated heterocycles. The van der Waals surface area contributed by atoms with Crippen molar-refractivity contribution in [3.05, 3.63) is 0 Å². The van der Waals surface area contributed by atoms with Gasteiger partial charge in [0.1, 0.15) is 0 Å². The van der Waals surface area contributed by atoms with E-state index in [1.54, 1.807) is 0 Å². The molecule has 0 rings (SSSR count). The molecular weight excluding hydrogens is 766 g/mol. The van der Waals surface area contributed by atoms with Crippen LogP contribution in [0, 0.1) is 0 Å². The summed E-state index contributed by atoms with van der Waals surface area (Å²) in [6.45, 7) is 0. The molecule has 0 atom stereocenters. The minimum absolute atomic E-state index is 0. The van der Waals surface area contributed by atoms with Gasteiger partial charge in [0, 0.05) is 90.0 Å². The second-order valence-corrected chi connectivity index (χ2v) is 77.6. The normalized spacial score (nSPS) is 8.57. The Kier molecular flexibility index (Phi) is 24.9. The van der Waals surface area contributed by atoms with Crippen LogP contribution in [-0.4, -0.2) is 78.4 Å². The van der Waals surface area contributed by atoms with Gasteiger partial charge in [0.15, 0.2) is 0 Å². The topological polar surface area (TPSA) is 0 Å². The van der Waals surface area contributed by atoms with Crippen LogP contribution in [0.5, 0.6) is 0 Å². The van der Waals surface area contributed by atoms with Gasteiger partial charge in [-0.1, -0.05) is 0 Å². The molecule has 0 spiro atoms. The summed E-state index contributed by atoms with van der Waals surface area (Å²) in [4.78, 5) is 0. The van der Waals surface area contributed by atoms with Crippen LogP contribution < -0.4 is 0 Å². The molecule has 0 fully saturated rings. The van der Waals surface area contributed by atoms with Crippen LogP contribution in [0.15, 0.2) is 0 Å². The van der Waals surface area contributed by atoms with E-state index in [1.807, 2.05) is 0 Å². The molecule has 43 valence electrons. The van der Waals surface area contributed by atoms with Gasteiger partial charge in [-0.15, -0.1) is 0 Å². The second-order valence-electron chi connectivity index (χ2n) is 0.429. The van der Waals surface area contributed by atoms with Crippen molar-refractivity contribution in [3.8, 4) is 0 Å². The Labute approximate surface area is 145 Å². The van der Waals surface area contributed by atoms with Crippen LogP contribution in [-0.2, 0) is 21.1 Å². The number of halogens is 4. The maximum Gasteiger partial charge on any atom is 0 e. The first-order valence-corrected chi connectivity index (χ1v) is 26.3. The Morgan fingerprint density at radius 1 is 0.857 bits per heavy atom. The quantitative estimate of drug-likeness (QED) is 0.333. The van der Waals surface area contributed by atoms with Crippen molar-refractivity contribution in [2.24, 2.45) is 0 Å². The van der Waals surface area contributed by atoms with Crippen LogP contribution in [0.4, 0.5) is 0 Å². The average Bonchev–Trinajstić information content (AvgIpc) is 0.722. The summed E-state index contributed by atoms with van der Waals surface area (Å²) in [5.41, 5.74) is 0. The molecule has 0 aromatic rings. The van der Waals surface area contributed by atoms with Gasteiger partial charge in [0.05, 0.1) is 0 Å². The Balaban J connectivity index is -0.0000000800. The fraction of sp³-hybridized carbons (Fsp3) is 0. The monoisotopic (exact) mass is 763 g/mol. The molecule has 0 aliphatic carbocycles. The summed E-state index contributed by atoms with van der Waals surface area (Å²) in [6.07, 6.45) is 0. The Morgan fingerprint density at radius 2 is 0.857 bits per heavy atom. The van der Waals surface area contributed by atoms with E-state index < -0.39 is 9.49 Å². The first-order valence-electron chi connectivity index (χ1n) is 0.756. The molecule has 0 aromatic carbocycles. The van der Waals surface area contributed by atoms with Gasteiger partial charge < -0.3 is 0 Å². The van der Waals surface area contributed by atoms with E-state index in [9.17, 15) is 0 Å². The Morgan fingerprint density at radius 3 is 0.857 bits per heavy atom. The maximum atomic E-state index is 3.34. The van der Waals surface area contributed by atoms with Crippen molar-refractivity contribution in [3.63, 3.8) is 0 Å².